The molecule has 4 rings (SSSR count). The minimum Gasteiger partial charge on any atom is -0.395 e. The van der Waals surface area contributed by atoms with Gasteiger partial charge >= 0.3 is 0 Å². The van der Waals surface area contributed by atoms with Crippen molar-refractivity contribution >= 4 is 17.2 Å². The van der Waals surface area contributed by atoms with Crippen molar-refractivity contribution in [2.75, 3.05) is 6.61 Å². The molecule has 0 radical (unpaired) electrons. The van der Waals surface area contributed by atoms with E-state index >= 15 is 0 Å². The van der Waals surface area contributed by atoms with E-state index in [0.29, 0.717) is 12.5 Å². The highest BCUT2D eigenvalue weighted by atomic mass is 32.1. The van der Waals surface area contributed by atoms with Crippen molar-refractivity contribution < 1.29 is 9.90 Å². The Bertz CT molecular complexity index is 610. The number of aliphatic hydroxyl groups is 1. The van der Waals surface area contributed by atoms with Crippen LogP contribution in [-0.2, 0) is 0 Å². The Balaban J connectivity index is 1.37. The maximum absolute atomic E-state index is 12.3. The third-order valence-electron chi connectivity index (χ3n) is 5.31. The lowest BCUT2D eigenvalue weighted by Crippen LogP contribution is -2.29. The van der Waals surface area contributed by atoms with Crippen LogP contribution < -0.4 is 5.32 Å². The molecule has 0 saturated heterocycles. The number of thiophene rings is 1. The lowest BCUT2D eigenvalue weighted by atomic mass is 10.0. The van der Waals surface area contributed by atoms with Gasteiger partial charge in [-0.25, -0.2) is 0 Å². The highest BCUT2D eigenvalue weighted by Gasteiger charge is 2.65. The Morgan fingerprint density at radius 3 is 2.81 bits per heavy atom. The van der Waals surface area contributed by atoms with E-state index in [-0.39, 0.29) is 12.5 Å². The zero-order valence-electron chi connectivity index (χ0n) is 11.8. The van der Waals surface area contributed by atoms with Crippen molar-refractivity contribution in [2.24, 2.45) is 23.7 Å². The van der Waals surface area contributed by atoms with E-state index in [1.54, 1.807) is 0 Å². The molecule has 1 aromatic rings. The second-order valence-electron chi connectivity index (χ2n) is 6.43. The Morgan fingerprint density at radius 1 is 1.33 bits per heavy atom. The molecule has 3 saturated carbocycles. The van der Waals surface area contributed by atoms with Gasteiger partial charge in [-0.05, 0) is 55.1 Å². The fourth-order valence-electron chi connectivity index (χ4n) is 4.47. The largest absolute Gasteiger partial charge is 0.395 e. The first-order valence-electron chi connectivity index (χ1n) is 7.78. The van der Waals surface area contributed by atoms with Crippen molar-refractivity contribution in [1.29, 1.82) is 0 Å². The normalized spacial score (nSPS) is 35.0. The van der Waals surface area contributed by atoms with Crippen LogP contribution in [0, 0.1) is 35.5 Å². The summed E-state index contributed by atoms with van der Waals surface area (Å²) in [6.07, 6.45) is 4.64. The molecule has 3 nitrogen and oxygen atoms in total. The summed E-state index contributed by atoms with van der Waals surface area (Å²) >= 11 is 1.44. The summed E-state index contributed by atoms with van der Waals surface area (Å²) in [5.41, 5.74) is 0. The van der Waals surface area contributed by atoms with Gasteiger partial charge in [-0.3, -0.25) is 4.79 Å². The molecule has 3 aliphatic rings. The number of hydrogen-bond acceptors (Lipinski definition) is 3. The molecule has 1 amide bonds. The predicted molar refractivity (Wildman–Crippen MR) is 82.0 cm³/mol. The van der Waals surface area contributed by atoms with Gasteiger partial charge in [0.05, 0.1) is 16.4 Å². The lowest BCUT2D eigenvalue weighted by molar-refractivity contribution is 0.0948. The van der Waals surface area contributed by atoms with Crippen LogP contribution in [0.1, 0.15) is 40.2 Å². The SMILES string of the molecule is O=C(NC1C2C3CCC(C3)C12)c1ccc(C#CCCO)s1. The maximum Gasteiger partial charge on any atom is 0.261 e. The minimum absolute atomic E-state index is 0.0639. The molecule has 0 aromatic carbocycles. The van der Waals surface area contributed by atoms with Crippen molar-refractivity contribution in [1.82, 2.24) is 5.32 Å². The minimum atomic E-state index is 0.0639. The van der Waals surface area contributed by atoms with Gasteiger partial charge in [-0.15, -0.1) is 11.3 Å². The molecule has 1 aromatic heterocycles. The molecule has 4 atom stereocenters. The number of carbonyl (C=O) groups excluding carboxylic acids is 1. The number of fused-ring (bicyclic) bond motifs is 5. The molecule has 3 fully saturated rings. The molecule has 3 aliphatic carbocycles. The van der Waals surface area contributed by atoms with Crippen molar-refractivity contribution in [3.8, 4) is 11.8 Å². The summed E-state index contributed by atoms with van der Waals surface area (Å²) in [5, 5.41) is 11.9. The van der Waals surface area contributed by atoms with Crippen LogP contribution >= 0.6 is 11.3 Å². The molecule has 1 heterocycles. The quantitative estimate of drug-likeness (QED) is 0.841. The second-order valence-corrected chi connectivity index (χ2v) is 7.51. The molecular weight excluding hydrogens is 282 g/mol. The van der Waals surface area contributed by atoms with E-state index in [1.165, 1.54) is 30.6 Å². The Hall–Kier alpha value is -1.31. The summed E-state index contributed by atoms with van der Waals surface area (Å²) in [6, 6.07) is 4.19. The number of amides is 1. The number of nitrogens with one attached hydrogen (secondary N) is 1. The molecule has 4 heteroatoms. The van der Waals surface area contributed by atoms with Crippen LogP contribution in [0.25, 0.3) is 0 Å². The van der Waals surface area contributed by atoms with Gasteiger partial charge in [0.1, 0.15) is 0 Å². The van der Waals surface area contributed by atoms with Gasteiger partial charge in [-0.2, -0.15) is 0 Å². The molecule has 0 aliphatic heterocycles. The molecule has 110 valence electrons. The van der Waals surface area contributed by atoms with E-state index in [4.69, 9.17) is 5.11 Å². The number of carbonyl (C=O) groups is 1. The second kappa shape index (κ2) is 5.15. The molecular formula is C17H19NO2S. The van der Waals surface area contributed by atoms with Gasteiger partial charge in [0.15, 0.2) is 0 Å². The standard InChI is InChI=1S/C17H19NO2S/c19-8-2-1-3-12-6-7-13(21-12)17(20)18-16-14-10-4-5-11(9-10)15(14)16/h6-7,10-11,14-16,19H,2,4-5,8-9H2,(H,18,20). The third-order valence-corrected chi connectivity index (χ3v) is 6.31. The topological polar surface area (TPSA) is 49.3 Å². The smallest absolute Gasteiger partial charge is 0.261 e. The lowest BCUT2D eigenvalue weighted by Gasteiger charge is -2.09. The van der Waals surface area contributed by atoms with Gasteiger partial charge in [0.2, 0.25) is 0 Å². The predicted octanol–water partition coefficient (Wildman–Crippen LogP) is 2.26. The van der Waals surface area contributed by atoms with Gasteiger partial charge in [0, 0.05) is 12.5 Å². The summed E-state index contributed by atoms with van der Waals surface area (Å²) < 4.78 is 0. The first kappa shape index (κ1) is 13.4. The Labute approximate surface area is 128 Å². The number of rotatable bonds is 3. The summed E-state index contributed by atoms with van der Waals surface area (Å²) in [4.78, 5) is 14.0. The van der Waals surface area contributed by atoms with Crippen LogP contribution in [-0.4, -0.2) is 23.7 Å². The molecule has 21 heavy (non-hydrogen) atoms. The van der Waals surface area contributed by atoms with Gasteiger partial charge < -0.3 is 10.4 Å². The fraction of sp³-hybridized carbons (Fsp3) is 0.588. The average Bonchev–Trinajstić information content (AvgIpc) is 2.93. The third kappa shape index (κ3) is 2.29. The van der Waals surface area contributed by atoms with Crippen LogP contribution in [0.5, 0.6) is 0 Å². The average molecular weight is 301 g/mol. The summed E-state index contributed by atoms with van der Waals surface area (Å²) in [5.74, 6) is 9.25. The van der Waals surface area contributed by atoms with Crippen molar-refractivity contribution in [3.05, 3.63) is 21.9 Å². The maximum atomic E-state index is 12.3. The highest BCUT2D eigenvalue weighted by molar-refractivity contribution is 7.14. The number of hydrogen-bond donors (Lipinski definition) is 2. The van der Waals surface area contributed by atoms with Crippen LogP contribution in [0.2, 0.25) is 0 Å². The van der Waals surface area contributed by atoms with E-state index in [9.17, 15) is 4.79 Å². The van der Waals surface area contributed by atoms with Gasteiger partial charge in [-0.1, -0.05) is 11.8 Å². The number of aliphatic hydroxyl groups excluding tert-OH is 1. The van der Waals surface area contributed by atoms with Gasteiger partial charge in [0.25, 0.3) is 5.91 Å². The van der Waals surface area contributed by atoms with E-state index in [2.05, 4.69) is 17.2 Å². The zero-order chi connectivity index (χ0) is 14.4. The van der Waals surface area contributed by atoms with Crippen molar-refractivity contribution in [2.45, 2.75) is 31.7 Å². The van der Waals surface area contributed by atoms with Crippen LogP contribution in [0.15, 0.2) is 12.1 Å². The zero-order valence-corrected chi connectivity index (χ0v) is 12.7. The highest BCUT2D eigenvalue weighted by Crippen LogP contribution is 2.65. The van der Waals surface area contributed by atoms with Crippen LogP contribution in [0.3, 0.4) is 0 Å². The first-order valence-corrected chi connectivity index (χ1v) is 8.60. The van der Waals surface area contributed by atoms with Crippen LogP contribution in [0.4, 0.5) is 0 Å². The van der Waals surface area contributed by atoms with E-state index < -0.39 is 0 Å². The Morgan fingerprint density at radius 2 is 2.10 bits per heavy atom. The summed E-state index contributed by atoms with van der Waals surface area (Å²) in [7, 11) is 0. The van der Waals surface area contributed by atoms with E-state index in [1.807, 2.05) is 12.1 Å². The molecule has 4 unspecified atom stereocenters. The first-order chi connectivity index (χ1) is 10.3. The summed E-state index contributed by atoms with van der Waals surface area (Å²) in [6.45, 7) is 0.0819. The molecule has 2 N–H and O–H groups in total. The molecule has 2 bridgehead atoms. The van der Waals surface area contributed by atoms with E-state index in [0.717, 1.165) is 33.4 Å². The molecule has 0 spiro atoms. The van der Waals surface area contributed by atoms with Crippen molar-refractivity contribution in [3.63, 3.8) is 0 Å². The monoisotopic (exact) mass is 301 g/mol. The fourth-order valence-corrected chi connectivity index (χ4v) is 5.26. The Kier molecular flexibility index (Phi) is 3.28.